The van der Waals surface area contributed by atoms with Crippen LogP contribution in [0.3, 0.4) is 0 Å². The molecular weight excluding hydrogens is 398 g/mol. The van der Waals surface area contributed by atoms with E-state index >= 15 is 0 Å². The van der Waals surface area contributed by atoms with Crippen LogP contribution in [0.15, 0.2) is 53.3 Å². The Morgan fingerprint density at radius 1 is 1.17 bits per heavy atom. The molecule has 8 heteroatoms. The Balaban J connectivity index is 1.27. The lowest BCUT2D eigenvalue weighted by atomic mass is 10.1. The lowest BCUT2D eigenvalue weighted by Crippen LogP contribution is -2.37. The maximum Gasteiger partial charge on any atom is 0.326 e. The molecule has 4 aromatic rings. The molecule has 154 valence electrons. The van der Waals surface area contributed by atoms with E-state index in [-0.39, 0.29) is 11.7 Å². The van der Waals surface area contributed by atoms with Gasteiger partial charge >= 0.3 is 5.69 Å². The second-order valence-electron chi connectivity index (χ2n) is 7.56. The molecule has 2 aromatic heterocycles. The van der Waals surface area contributed by atoms with Gasteiger partial charge in [-0.3, -0.25) is 4.57 Å². The lowest BCUT2D eigenvalue weighted by molar-refractivity contribution is 0.396. The molecule has 0 unspecified atom stereocenters. The van der Waals surface area contributed by atoms with Crippen LogP contribution in [0.1, 0.15) is 30.3 Å². The molecular formula is C22H23N5O2S. The molecule has 0 saturated carbocycles. The number of aromatic nitrogens is 4. The molecule has 1 aliphatic rings. The van der Waals surface area contributed by atoms with Crippen LogP contribution in [0.5, 0.6) is 5.75 Å². The first-order valence-corrected chi connectivity index (χ1v) is 10.9. The summed E-state index contributed by atoms with van der Waals surface area (Å²) in [6.45, 7) is 1.73. The smallest absolute Gasteiger partial charge is 0.326 e. The van der Waals surface area contributed by atoms with Crippen molar-refractivity contribution in [2.75, 3.05) is 25.1 Å². The summed E-state index contributed by atoms with van der Waals surface area (Å²) in [6, 6.07) is 16.1. The van der Waals surface area contributed by atoms with Gasteiger partial charge in [0.25, 0.3) is 0 Å². The summed E-state index contributed by atoms with van der Waals surface area (Å²) in [5, 5.41) is 0.956. The number of aromatic amines is 1. The standard InChI is InChI=1S/C22H23N5O2S/c1-29-17-6-4-5-15(13-17)14-20-24-22(30-25-20)26-11-9-16(10-12-26)27-19-8-3-2-7-18(19)23-21(27)28/h2-8,13,16H,9-12,14H2,1H3,(H,23,28). The molecule has 0 atom stereocenters. The first-order chi connectivity index (χ1) is 14.7. The first-order valence-electron chi connectivity index (χ1n) is 10.1. The highest BCUT2D eigenvalue weighted by Gasteiger charge is 2.25. The zero-order valence-corrected chi connectivity index (χ0v) is 17.6. The number of anilines is 1. The van der Waals surface area contributed by atoms with Crippen LogP contribution >= 0.6 is 11.5 Å². The molecule has 0 spiro atoms. The highest BCUT2D eigenvalue weighted by Crippen LogP contribution is 2.29. The summed E-state index contributed by atoms with van der Waals surface area (Å²) in [5.74, 6) is 1.68. The van der Waals surface area contributed by atoms with E-state index in [0.29, 0.717) is 6.42 Å². The van der Waals surface area contributed by atoms with E-state index in [1.165, 1.54) is 11.5 Å². The third-order valence-corrected chi connectivity index (χ3v) is 6.49. The van der Waals surface area contributed by atoms with Crippen LogP contribution in [-0.2, 0) is 6.42 Å². The minimum absolute atomic E-state index is 0.0221. The fourth-order valence-corrected chi connectivity index (χ4v) is 4.90. The van der Waals surface area contributed by atoms with Gasteiger partial charge < -0.3 is 14.6 Å². The molecule has 30 heavy (non-hydrogen) atoms. The van der Waals surface area contributed by atoms with E-state index in [9.17, 15) is 4.79 Å². The number of hydrogen-bond donors (Lipinski definition) is 1. The van der Waals surface area contributed by atoms with E-state index in [4.69, 9.17) is 9.72 Å². The summed E-state index contributed by atoms with van der Waals surface area (Å²) >= 11 is 1.45. The number of H-pyrrole nitrogens is 1. The van der Waals surface area contributed by atoms with Crippen molar-refractivity contribution in [2.24, 2.45) is 0 Å². The Morgan fingerprint density at radius 2 is 2.00 bits per heavy atom. The molecule has 5 rings (SSSR count). The van der Waals surface area contributed by atoms with E-state index in [2.05, 4.69) is 20.3 Å². The van der Waals surface area contributed by atoms with Crippen LogP contribution in [0.2, 0.25) is 0 Å². The van der Waals surface area contributed by atoms with E-state index in [0.717, 1.165) is 59.2 Å². The van der Waals surface area contributed by atoms with Gasteiger partial charge in [0.1, 0.15) is 11.6 Å². The maximum atomic E-state index is 12.5. The number of para-hydroxylation sites is 2. The Hall–Kier alpha value is -3.13. The minimum atomic E-state index is -0.0221. The van der Waals surface area contributed by atoms with Gasteiger partial charge in [-0.25, -0.2) is 9.78 Å². The third kappa shape index (κ3) is 3.59. The van der Waals surface area contributed by atoms with Gasteiger partial charge in [0.05, 0.1) is 18.1 Å². The number of nitrogens with one attached hydrogen (secondary N) is 1. The summed E-state index contributed by atoms with van der Waals surface area (Å²) < 4.78 is 11.8. The summed E-state index contributed by atoms with van der Waals surface area (Å²) in [4.78, 5) is 22.5. The number of rotatable bonds is 5. The summed E-state index contributed by atoms with van der Waals surface area (Å²) in [7, 11) is 1.67. The van der Waals surface area contributed by atoms with Crippen molar-refractivity contribution < 1.29 is 4.74 Å². The van der Waals surface area contributed by atoms with Crippen LogP contribution in [0.4, 0.5) is 5.13 Å². The fourth-order valence-electron chi connectivity index (χ4n) is 4.16. The van der Waals surface area contributed by atoms with Gasteiger partial charge in [0.15, 0.2) is 0 Å². The highest BCUT2D eigenvalue weighted by molar-refractivity contribution is 7.09. The average molecular weight is 422 g/mol. The van der Waals surface area contributed by atoms with Crippen molar-refractivity contribution in [3.05, 3.63) is 70.4 Å². The Bertz CT molecular complexity index is 1220. The molecule has 2 aromatic carbocycles. The van der Waals surface area contributed by atoms with Crippen molar-refractivity contribution >= 4 is 27.7 Å². The quantitative estimate of drug-likeness (QED) is 0.533. The van der Waals surface area contributed by atoms with Crippen molar-refractivity contribution in [1.82, 2.24) is 18.9 Å². The molecule has 0 aliphatic carbocycles. The van der Waals surface area contributed by atoms with E-state index < -0.39 is 0 Å². The first kappa shape index (κ1) is 18.9. The predicted octanol–water partition coefficient (Wildman–Crippen LogP) is 3.62. The van der Waals surface area contributed by atoms with Gasteiger partial charge in [0, 0.05) is 37.1 Å². The van der Waals surface area contributed by atoms with Gasteiger partial charge in [-0.2, -0.15) is 4.37 Å². The van der Waals surface area contributed by atoms with Crippen LogP contribution in [0.25, 0.3) is 11.0 Å². The predicted molar refractivity (Wildman–Crippen MR) is 119 cm³/mol. The maximum absolute atomic E-state index is 12.5. The molecule has 7 nitrogen and oxygen atoms in total. The Labute approximate surface area is 178 Å². The molecule has 0 bridgehead atoms. The van der Waals surface area contributed by atoms with Gasteiger partial charge in [-0.15, -0.1) is 0 Å². The number of benzene rings is 2. The van der Waals surface area contributed by atoms with Gasteiger partial charge in [0.2, 0.25) is 5.13 Å². The number of hydrogen-bond acceptors (Lipinski definition) is 6. The summed E-state index contributed by atoms with van der Waals surface area (Å²) in [6.07, 6.45) is 2.51. The van der Waals surface area contributed by atoms with Crippen molar-refractivity contribution in [1.29, 1.82) is 0 Å². The number of fused-ring (bicyclic) bond motifs is 1. The second kappa shape index (κ2) is 7.95. The number of methoxy groups -OCH3 is 1. The molecule has 3 heterocycles. The normalized spacial score (nSPS) is 15.0. The average Bonchev–Trinajstić information content (AvgIpc) is 3.37. The fraction of sp³-hybridized carbons (Fsp3) is 0.318. The van der Waals surface area contributed by atoms with E-state index in [1.807, 2.05) is 47.0 Å². The van der Waals surface area contributed by atoms with Crippen LogP contribution < -0.4 is 15.3 Å². The largest absolute Gasteiger partial charge is 0.497 e. The summed E-state index contributed by atoms with van der Waals surface area (Å²) in [5.41, 5.74) is 3.00. The monoisotopic (exact) mass is 421 g/mol. The number of nitrogens with zero attached hydrogens (tertiary/aromatic N) is 4. The topological polar surface area (TPSA) is 76.0 Å². The zero-order valence-electron chi connectivity index (χ0n) is 16.7. The zero-order chi connectivity index (χ0) is 20.5. The number of imidazole rings is 1. The molecule has 1 N–H and O–H groups in total. The van der Waals surface area contributed by atoms with Crippen LogP contribution in [-0.4, -0.2) is 39.1 Å². The SMILES string of the molecule is COc1cccc(Cc2nsc(N3CCC(n4c(=O)[nH]c5ccccc54)CC3)n2)c1. The highest BCUT2D eigenvalue weighted by atomic mass is 32.1. The van der Waals surface area contributed by atoms with Gasteiger partial charge in [-0.05, 0) is 42.7 Å². The van der Waals surface area contributed by atoms with E-state index in [1.54, 1.807) is 7.11 Å². The molecule has 1 aliphatic heterocycles. The number of piperidine rings is 1. The minimum Gasteiger partial charge on any atom is -0.497 e. The Morgan fingerprint density at radius 3 is 2.83 bits per heavy atom. The van der Waals surface area contributed by atoms with Crippen molar-refractivity contribution in [2.45, 2.75) is 25.3 Å². The molecule has 0 amide bonds. The van der Waals surface area contributed by atoms with Crippen LogP contribution in [0, 0.1) is 0 Å². The number of ether oxygens (including phenoxy) is 1. The Kier molecular flexibility index (Phi) is 5.00. The molecule has 1 saturated heterocycles. The second-order valence-corrected chi connectivity index (χ2v) is 8.29. The van der Waals surface area contributed by atoms with Crippen molar-refractivity contribution in [3.8, 4) is 5.75 Å². The molecule has 1 fully saturated rings. The van der Waals surface area contributed by atoms with Gasteiger partial charge in [-0.1, -0.05) is 24.3 Å². The molecule has 0 radical (unpaired) electrons. The third-order valence-electron chi connectivity index (χ3n) is 5.68. The lowest BCUT2D eigenvalue weighted by Gasteiger charge is -2.32. The van der Waals surface area contributed by atoms with Crippen molar-refractivity contribution in [3.63, 3.8) is 0 Å².